The van der Waals surface area contributed by atoms with Crippen LogP contribution in [0, 0.1) is 6.92 Å². The lowest BCUT2D eigenvalue weighted by Crippen LogP contribution is -2.46. The number of thiazole rings is 1. The van der Waals surface area contributed by atoms with Crippen LogP contribution in [0.5, 0.6) is 0 Å². The highest BCUT2D eigenvalue weighted by Gasteiger charge is 2.23. The number of aliphatic imine (C=N–C) groups is 1. The molecule has 9 heteroatoms. The Hall–Kier alpha value is -0.940. The molecule has 2 heterocycles. The Morgan fingerprint density at radius 1 is 1.36 bits per heavy atom. The van der Waals surface area contributed by atoms with Gasteiger partial charge in [0, 0.05) is 42.8 Å². The number of hydrogen-bond donors (Lipinski definition) is 2. The minimum absolute atomic E-state index is 0. The molecule has 1 atom stereocenters. The highest BCUT2D eigenvalue weighted by molar-refractivity contribution is 14.0. The summed E-state index contributed by atoms with van der Waals surface area (Å²) in [6.07, 6.45) is 1.89. The van der Waals surface area contributed by atoms with Gasteiger partial charge in [0.15, 0.2) is 5.96 Å². The maximum Gasteiger partial charge on any atom is 0.191 e. The van der Waals surface area contributed by atoms with E-state index in [1.165, 1.54) is 10.4 Å². The van der Waals surface area contributed by atoms with Crippen molar-refractivity contribution < 1.29 is 4.74 Å². The number of hydrogen-bond acceptors (Lipinski definition) is 5. The number of benzene rings is 1. The lowest BCUT2D eigenvalue weighted by atomic mass is 10.0. The third-order valence-electron chi connectivity index (χ3n) is 4.48. The van der Waals surface area contributed by atoms with Gasteiger partial charge in [-0.15, -0.1) is 35.3 Å². The number of ether oxygens (including phenoxy) is 1. The highest BCUT2D eigenvalue weighted by atomic mass is 127. The van der Waals surface area contributed by atoms with E-state index in [2.05, 4.69) is 38.5 Å². The van der Waals surface area contributed by atoms with Crippen molar-refractivity contribution in [3.05, 3.63) is 50.9 Å². The second-order valence-electron chi connectivity index (χ2n) is 6.39. The van der Waals surface area contributed by atoms with Crippen molar-refractivity contribution in [2.24, 2.45) is 4.99 Å². The summed E-state index contributed by atoms with van der Waals surface area (Å²) in [5, 5.41) is 8.60. The molecule has 1 saturated heterocycles. The average molecular weight is 536 g/mol. The Labute approximate surface area is 192 Å². The first-order valence-electron chi connectivity index (χ1n) is 9.09. The summed E-state index contributed by atoms with van der Waals surface area (Å²) in [5.74, 6) is 0.767. The molecule has 1 unspecified atom stereocenters. The molecule has 0 amide bonds. The topological polar surface area (TPSA) is 61.8 Å². The second kappa shape index (κ2) is 11.9. The molecule has 0 spiro atoms. The second-order valence-corrected chi connectivity index (χ2v) is 8.15. The third kappa shape index (κ3) is 6.84. The van der Waals surface area contributed by atoms with Crippen molar-refractivity contribution in [3.63, 3.8) is 0 Å². The summed E-state index contributed by atoms with van der Waals surface area (Å²) in [6, 6.07) is 8.28. The largest absolute Gasteiger partial charge is 0.379 e. The van der Waals surface area contributed by atoms with Gasteiger partial charge >= 0.3 is 0 Å². The number of nitrogens with zero attached hydrogens (tertiary/aromatic N) is 3. The smallest absolute Gasteiger partial charge is 0.191 e. The van der Waals surface area contributed by atoms with E-state index in [-0.39, 0.29) is 30.0 Å². The number of nitrogens with one attached hydrogen (secondary N) is 2. The van der Waals surface area contributed by atoms with Gasteiger partial charge in [-0.25, -0.2) is 4.98 Å². The van der Waals surface area contributed by atoms with E-state index >= 15 is 0 Å². The maximum atomic E-state index is 6.23. The van der Waals surface area contributed by atoms with Crippen LogP contribution in [0.3, 0.4) is 0 Å². The molecule has 0 saturated carbocycles. The van der Waals surface area contributed by atoms with E-state index in [1.807, 2.05) is 24.4 Å². The lowest BCUT2D eigenvalue weighted by molar-refractivity contribution is 0.0170. The van der Waals surface area contributed by atoms with Gasteiger partial charge in [-0.1, -0.05) is 23.7 Å². The summed E-state index contributed by atoms with van der Waals surface area (Å²) in [7, 11) is 1.78. The number of guanidine groups is 1. The van der Waals surface area contributed by atoms with Crippen molar-refractivity contribution in [1.82, 2.24) is 20.5 Å². The first kappa shape index (κ1) is 23.3. The molecule has 0 radical (unpaired) electrons. The molecule has 1 aliphatic rings. The van der Waals surface area contributed by atoms with Gasteiger partial charge in [-0.2, -0.15) is 0 Å². The van der Waals surface area contributed by atoms with Gasteiger partial charge in [0.1, 0.15) is 5.01 Å². The van der Waals surface area contributed by atoms with Crippen LogP contribution in [0.25, 0.3) is 0 Å². The van der Waals surface area contributed by atoms with Crippen LogP contribution in [0.2, 0.25) is 5.02 Å². The average Bonchev–Trinajstić information content (AvgIpc) is 3.10. The summed E-state index contributed by atoms with van der Waals surface area (Å²) in [4.78, 5) is 12.4. The first-order chi connectivity index (χ1) is 13.2. The fourth-order valence-electron chi connectivity index (χ4n) is 3.12. The van der Waals surface area contributed by atoms with Crippen LogP contribution >= 0.6 is 46.9 Å². The van der Waals surface area contributed by atoms with Crippen molar-refractivity contribution >= 4 is 52.9 Å². The molecule has 1 aromatic heterocycles. The van der Waals surface area contributed by atoms with Crippen molar-refractivity contribution in [2.45, 2.75) is 19.5 Å². The number of aromatic nitrogens is 1. The molecule has 6 nitrogen and oxygen atoms in total. The zero-order chi connectivity index (χ0) is 19.1. The molecule has 1 fully saturated rings. The van der Waals surface area contributed by atoms with Crippen LogP contribution in [-0.2, 0) is 11.3 Å². The number of halogens is 2. The fourth-order valence-corrected chi connectivity index (χ4v) is 4.04. The molecule has 3 rings (SSSR count). The summed E-state index contributed by atoms with van der Waals surface area (Å²) in [5.41, 5.74) is 1.20. The van der Waals surface area contributed by atoms with Gasteiger partial charge < -0.3 is 15.4 Å². The van der Waals surface area contributed by atoms with Crippen LogP contribution in [0.15, 0.2) is 35.5 Å². The Balaban J connectivity index is 0.00000280. The number of aryl methyl sites for hydroxylation is 1. The molecule has 1 aromatic carbocycles. The Morgan fingerprint density at radius 3 is 2.79 bits per heavy atom. The predicted octanol–water partition coefficient (Wildman–Crippen LogP) is 3.46. The summed E-state index contributed by atoms with van der Waals surface area (Å²) in [6.45, 7) is 6.79. The monoisotopic (exact) mass is 535 g/mol. The minimum atomic E-state index is 0. The van der Waals surface area contributed by atoms with Gasteiger partial charge in [0.05, 0.1) is 25.8 Å². The van der Waals surface area contributed by atoms with E-state index in [0.29, 0.717) is 6.54 Å². The standard InChI is InChI=1S/C19H26ClN5OS.HI/c1-14-11-22-18(27-14)13-24-19(21-2)23-12-17(25-6-8-26-9-7-25)15-4-3-5-16(20)10-15;/h3-5,10-11,17H,6-9,12-13H2,1-2H3,(H2,21,23,24);1H. The Kier molecular flexibility index (Phi) is 9.93. The molecular weight excluding hydrogens is 509 g/mol. The number of morpholine rings is 1. The molecule has 0 aliphatic carbocycles. The van der Waals surface area contributed by atoms with Gasteiger partial charge in [0.2, 0.25) is 0 Å². The van der Waals surface area contributed by atoms with E-state index in [9.17, 15) is 0 Å². The van der Waals surface area contributed by atoms with Crippen molar-refractivity contribution in [2.75, 3.05) is 39.9 Å². The quantitative estimate of drug-likeness (QED) is 0.337. The van der Waals surface area contributed by atoms with Gasteiger partial charge in [0.25, 0.3) is 0 Å². The molecule has 2 aromatic rings. The van der Waals surface area contributed by atoms with Crippen LogP contribution in [-0.4, -0.2) is 55.7 Å². The molecular formula is C19H27ClIN5OS. The zero-order valence-electron chi connectivity index (χ0n) is 16.2. The van der Waals surface area contributed by atoms with E-state index in [0.717, 1.165) is 48.8 Å². The molecule has 2 N–H and O–H groups in total. The third-order valence-corrected chi connectivity index (χ3v) is 5.63. The van der Waals surface area contributed by atoms with Crippen LogP contribution in [0.4, 0.5) is 0 Å². The molecule has 154 valence electrons. The Morgan fingerprint density at radius 2 is 2.14 bits per heavy atom. The van der Waals surface area contributed by atoms with Crippen molar-refractivity contribution in [1.29, 1.82) is 0 Å². The van der Waals surface area contributed by atoms with Gasteiger partial charge in [-0.3, -0.25) is 9.89 Å². The van der Waals surface area contributed by atoms with Crippen LogP contribution < -0.4 is 10.6 Å². The minimum Gasteiger partial charge on any atom is -0.379 e. The van der Waals surface area contributed by atoms with E-state index < -0.39 is 0 Å². The van der Waals surface area contributed by atoms with Gasteiger partial charge in [-0.05, 0) is 24.6 Å². The van der Waals surface area contributed by atoms with Crippen molar-refractivity contribution in [3.8, 4) is 0 Å². The SMILES string of the molecule is CN=C(NCc1ncc(C)s1)NCC(c1cccc(Cl)c1)N1CCOCC1.I. The molecule has 1 aliphatic heterocycles. The van der Waals surface area contributed by atoms with E-state index in [1.54, 1.807) is 18.4 Å². The predicted molar refractivity (Wildman–Crippen MR) is 127 cm³/mol. The van der Waals surface area contributed by atoms with Crippen LogP contribution in [0.1, 0.15) is 21.5 Å². The normalized spacial score (nSPS) is 16.3. The summed E-state index contributed by atoms with van der Waals surface area (Å²) >= 11 is 7.92. The highest BCUT2D eigenvalue weighted by Crippen LogP contribution is 2.24. The Bertz CT molecular complexity index is 766. The zero-order valence-corrected chi connectivity index (χ0v) is 20.1. The fraction of sp³-hybridized carbons (Fsp3) is 0.474. The molecule has 0 bridgehead atoms. The number of rotatable bonds is 6. The summed E-state index contributed by atoms with van der Waals surface area (Å²) < 4.78 is 5.52. The maximum absolute atomic E-state index is 6.23. The first-order valence-corrected chi connectivity index (χ1v) is 10.3. The molecule has 28 heavy (non-hydrogen) atoms. The lowest BCUT2D eigenvalue weighted by Gasteiger charge is -2.35. The van der Waals surface area contributed by atoms with E-state index in [4.69, 9.17) is 16.3 Å².